The highest BCUT2D eigenvalue weighted by atomic mass is 16.5. The van der Waals surface area contributed by atoms with Gasteiger partial charge in [0.15, 0.2) is 23.0 Å². The Hall–Kier alpha value is -4.28. The third kappa shape index (κ3) is 5.65. The molecule has 0 radical (unpaired) electrons. The Balaban J connectivity index is 2.02. The molecule has 11 nitrogen and oxygen atoms in total. The van der Waals surface area contributed by atoms with Crippen LogP contribution in [0.5, 0.6) is 23.0 Å². The molecular weight excluding hydrogens is 422 g/mol. The number of hydrazone groups is 1. The Morgan fingerprint density at radius 2 is 1.59 bits per heavy atom. The highest BCUT2D eigenvalue weighted by Crippen LogP contribution is 2.33. The van der Waals surface area contributed by atoms with Crippen molar-refractivity contribution in [3.8, 4) is 23.0 Å². The Labute approximate surface area is 183 Å². The van der Waals surface area contributed by atoms with E-state index >= 15 is 0 Å². The molecule has 0 fully saturated rings. The van der Waals surface area contributed by atoms with Gasteiger partial charge in [-0.1, -0.05) is 0 Å². The maximum atomic E-state index is 12.2. The predicted octanol–water partition coefficient (Wildman–Crippen LogP) is 1.30. The van der Waals surface area contributed by atoms with Gasteiger partial charge in [-0.2, -0.15) is 5.10 Å². The Bertz CT molecular complexity index is 1040. The summed E-state index contributed by atoms with van der Waals surface area (Å²) >= 11 is 0. The zero-order chi connectivity index (χ0) is 23.7. The number of amides is 2. The van der Waals surface area contributed by atoms with Crippen molar-refractivity contribution in [1.82, 2.24) is 10.7 Å². The van der Waals surface area contributed by atoms with Crippen molar-refractivity contribution >= 4 is 24.0 Å². The molecule has 170 valence electrons. The molecule has 0 spiro atoms. The van der Waals surface area contributed by atoms with Gasteiger partial charge in [0.2, 0.25) is 0 Å². The second kappa shape index (κ2) is 11.2. The fraction of sp³-hybridized carbons (Fsp3) is 0.238. The fourth-order valence-corrected chi connectivity index (χ4v) is 2.72. The van der Waals surface area contributed by atoms with Crippen LogP contribution < -0.4 is 29.7 Å². The fourth-order valence-electron chi connectivity index (χ4n) is 2.72. The molecule has 11 heteroatoms. The van der Waals surface area contributed by atoms with E-state index in [1.807, 2.05) is 0 Å². The number of nitrogens with one attached hydrogen (secondary N) is 2. The number of carboxylic acid groups (broad SMARTS) is 1. The first-order chi connectivity index (χ1) is 15.4. The summed E-state index contributed by atoms with van der Waals surface area (Å²) < 4.78 is 20.5. The van der Waals surface area contributed by atoms with Crippen LogP contribution in [0.1, 0.15) is 26.3 Å². The molecule has 2 aromatic rings. The van der Waals surface area contributed by atoms with Crippen LogP contribution in [0.15, 0.2) is 35.4 Å². The van der Waals surface area contributed by atoms with Crippen LogP contribution in [0, 0.1) is 0 Å². The van der Waals surface area contributed by atoms with E-state index in [0.717, 1.165) is 6.21 Å². The summed E-state index contributed by atoms with van der Waals surface area (Å²) in [4.78, 5) is 35.9. The summed E-state index contributed by atoms with van der Waals surface area (Å²) in [6.45, 7) is -0.359. The van der Waals surface area contributed by atoms with Gasteiger partial charge < -0.3 is 29.4 Å². The molecule has 0 heterocycles. The lowest BCUT2D eigenvalue weighted by Crippen LogP contribution is -2.34. The molecule has 0 aliphatic heterocycles. The molecule has 0 atom stereocenters. The minimum atomic E-state index is -1.25. The van der Waals surface area contributed by atoms with E-state index in [2.05, 4.69) is 15.8 Å². The summed E-state index contributed by atoms with van der Waals surface area (Å²) in [6, 6.07) is 7.55. The zero-order valence-corrected chi connectivity index (χ0v) is 17.9. The smallest absolute Gasteiger partial charge is 0.340 e. The molecule has 0 saturated heterocycles. The number of hydrogen-bond acceptors (Lipinski definition) is 8. The lowest BCUT2D eigenvalue weighted by Gasteiger charge is -2.12. The molecule has 2 aromatic carbocycles. The Morgan fingerprint density at radius 1 is 0.938 bits per heavy atom. The van der Waals surface area contributed by atoms with E-state index in [-0.39, 0.29) is 34.7 Å². The van der Waals surface area contributed by atoms with E-state index in [0.29, 0.717) is 11.5 Å². The molecule has 0 saturated carbocycles. The molecule has 0 bridgehead atoms. The number of methoxy groups -OCH3 is 4. The molecule has 0 aliphatic rings. The first-order valence-corrected chi connectivity index (χ1v) is 9.16. The van der Waals surface area contributed by atoms with Crippen molar-refractivity contribution in [3.05, 3.63) is 47.0 Å². The minimum Gasteiger partial charge on any atom is -0.493 e. The topological polar surface area (TPSA) is 145 Å². The number of carboxylic acids is 1. The Morgan fingerprint density at radius 3 is 2.19 bits per heavy atom. The van der Waals surface area contributed by atoms with Crippen molar-refractivity contribution in [2.45, 2.75) is 0 Å². The van der Waals surface area contributed by atoms with Gasteiger partial charge in [0, 0.05) is 11.1 Å². The summed E-state index contributed by atoms with van der Waals surface area (Å²) in [5.41, 5.74) is 2.50. The molecule has 2 amide bonds. The zero-order valence-electron chi connectivity index (χ0n) is 17.9. The van der Waals surface area contributed by atoms with Gasteiger partial charge in [-0.05, 0) is 30.3 Å². The third-order valence-electron chi connectivity index (χ3n) is 4.24. The first kappa shape index (κ1) is 24.0. The molecule has 32 heavy (non-hydrogen) atoms. The normalized spacial score (nSPS) is 10.4. The molecule has 0 unspecified atom stereocenters. The van der Waals surface area contributed by atoms with Crippen LogP contribution in [-0.4, -0.2) is 64.1 Å². The van der Waals surface area contributed by atoms with Crippen LogP contribution >= 0.6 is 0 Å². The van der Waals surface area contributed by atoms with Gasteiger partial charge in [-0.15, -0.1) is 0 Å². The monoisotopic (exact) mass is 445 g/mol. The van der Waals surface area contributed by atoms with Crippen LogP contribution in [0.3, 0.4) is 0 Å². The van der Waals surface area contributed by atoms with Crippen LogP contribution in [-0.2, 0) is 4.79 Å². The van der Waals surface area contributed by atoms with E-state index in [1.54, 1.807) is 6.07 Å². The number of hydrogen-bond donors (Lipinski definition) is 3. The molecular formula is C21H23N3O8. The van der Waals surface area contributed by atoms with E-state index in [1.165, 1.54) is 52.7 Å². The van der Waals surface area contributed by atoms with Crippen LogP contribution in [0.25, 0.3) is 0 Å². The van der Waals surface area contributed by atoms with Gasteiger partial charge in [0.1, 0.15) is 5.56 Å². The summed E-state index contributed by atoms with van der Waals surface area (Å²) in [5, 5.41) is 15.7. The quantitative estimate of drug-likeness (QED) is 0.367. The van der Waals surface area contributed by atoms with Crippen molar-refractivity contribution < 1.29 is 38.4 Å². The molecule has 0 aromatic heterocycles. The predicted molar refractivity (Wildman–Crippen MR) is 114 cm³/mol. The van der Waals surface area contributed by atoms with Gasteiger partial charge in [-0.25, -0.2) is 10.2 Å². The number of aromatic carboxylic acids is 1. The third-order valence-corrected chi connectivity index (χ3v) is 4.24. The van der Waals surface area contributed by atoms with E-state index in [9.17, 15) is 19.5 Å². The van der Waals surface area contributed by atoms with Crippen LogP contribution in [0.2, 0.25) is 0 Å². The van der Waals surface area contributed by atoms with E-state index < -0.39 is 17.8 Å². The summed E-state index contributed by atoms with van der Waals surface area (Å²) in [5.74, 6) is -1.27. The highest BCUT2D eigenvalue weighted by Gasteiger charge is 2.20. The second-order valence-corrected chi connectivity index (χ2v) is 6.12. The maximum Gasteiger partial charge on any atom is 0.340 e. The first-order valence-electron chi connectivity index (χ1n) is 9.16. The standard InChI is InChI=1S/C21H23N3O8/c1-29-14-7-5-12(9-16(14)31-3)20(26)22-11-17(25)24-23-10-13-6-8-15(30-2)19(32-4)18(13)21(27)28/h5-10H,11H2,1-4H3,(H,22,26)(H,24,25)(H,27,28). The van der Waals surface area contributed by atoms with Crippen LogP contribution in [0.4, 0.5) is 0 Å². The number of carbonyl (C=O) groups excluding carboxylic acids is 2. The number of benzene rings is 2. The minimum absolute atomic E-state index is 0.0254. The second-order valence-electron chi connectivity index (χ2n) is 6.12. The van der Waals surface area contributed by atoms with Gasteiger partial charge in [0.05, 0.1) is 41.2 Å². The SMILES string of the molecule is COc1ccc(C(=O)NCC(=O)NN=Cc2ccc(OC)c(OC)c2C(=O)O)cc1OC. The maximum absolute atomic E-state index is 12.2. The van der Waals surface area contributed by atoms with Gasteiger partial charge in [-0.3, -0.25) is 9.59 Å². The van der Waals surface area contributed by atoms with Crippen molar-refractivity contribution in [3.63, 3.8) is 0 Å². The molecule has 2 rings (SSSR count). The highest BCUT2D eigenvalue weighted by molar-refractivity contribution is 6.02. The summed E-state index contributed by atoms with van der Waals surface area (Å²) in [6.07, 6.45) is 1.15. The molecule has 3 N–H and O–H groups in total. The van der Waals surface area contributed by atoms with Crippen molar-refractivity contribution in [1.29, 1.82) is 0 Å². The number of nitrogens with zero attached hydrogens (tertiary/aromatic N) is 1. The number of rotatable bonds is 10. The largest absolute Gasteiger partial charge is 0.493 e. The van der Waals surface area contributed by atoms with Crippen molar-refractivity contribution in [2.75, 3.05) is 35.0 Å². The lowest BCUT2D eigenvalue weighted by molar-refractivity contribution is -0.120. The van der Waals surface area contributed by atoms with E-state index in [4.69, 9.17) is 18.9 Å². The van der Waals surface area contributed by atoms with Gasteiger partial charge in [0.25, 0.3) is 11.8 Å². The number of ether oxygens (including phenoxy) is 4. The molecule has 0 aliphatic carbocycles. The van der Waals surface area contributed by atoms with Crippen molar-refractivity contribution in [2.24, 2.45) is 5.10 Å². The van der Waals surface area contributed by atoms with Gasteiger partial charge >= 0.3 is 5.97 Å². The summed E-state index contributed by atoms with van der Waals surface area (Å²) in [7, 11) is 5.62. The Kier molecular flexibility index (Phi) is 8.40. The number of carbonyl (C=O) groups is 3. The lowest BCUT2D eigenvalue weighted by atomic mass is 10.1. The average molecular weight is 445 g/mol. The average Bonchev–Trinajstić information content (AvgIpc) is 2.81.